The molecule has 204 valence electrons. The van der Waals surface area contributed by atoms with Gasteiger partial charge in [-0.1, -0.05) is 30.3 Å². The van der Waals surface area contributed by atoms with Gasteiger partial charge in [-0.3, -0.25) is 4.90 Å². The number of rotatable bonds is 7. The number of halogens is 6. The molecule has 0 unspecified atom stereocenters. The number of hydrazine groups is 1. The van der Waals surface area contributed by atoms with Crippen molar-refractivity contribution in [1.82, 2.24) is 21.1 Å². The molecule has 2 saturated heterocycles. The molecule has 0 spiro atoms. The molecule has 37 heavy (non-hydrogen) atoms. The van der Waals surface area contributed by atoms with Gasteiger partial charge in [0.15, 0.2) is 0 Å². The molecular weight excluding hydrogens is 502 g/mol. The highest BCUT2D eigenvalue weighted by Gasteiger charge is 2.47. The first-order valence-corrected chi connectivity index (χ1v) is 11.9. The number of benzene rings is 2. The first-order chi connectivity index (χ1) is 17.4. The zero-order valence-electron chi connectivity index (χ0n) is 20.2. The topological polar surface area (TPSA) is 68.8 Å². The molecule has 12 heteroatoms. The SMILES string of the molecule is C[C@@H](OC[C@@]1(c2ccccc2)CC[C@@](CO)(N2CNNC2)CN1)c1cc(C(F)(F)F)cc(C(F)(F)F)c1. The summed E-state index contributed by atoms with van der Waals surface area (Å²) in [5.41, 5.74) is 2.68. The van der Waals surface area contributed by atoms with Crippen molar-refractivity contribution >= 4 is 0 Å². The Morgan fingerprint density at radius 2 is 1.54 bits per heavy atom. The minimum Gasteiger partial charge on any atom is -0.394 e. The van der Waals surface area contributed by atoms with Gasteiger partial charge in [0.2, 0.25) is 0 Å². The van der Waals surface area contributed by atoms with Gasteiger partial charge in [-0.15, -0.1) is 0 Å². The van der Waals surface area contributed by atoms with E-state index in [0.717, 1.165) is 5.56 Å². The maximum absolute atomic E-state index is 13.3. The lowest BCUT2D eigenvalue weighted by Gasteiger charge is -2.50. The Balaban J connectivity index is 1.58. The second-order valence-electron chi connectivity index (χ2n) is 9.69. The fourth-order valence-corrected chi connectivity index (χ4v) is 4.94. The van der Waals surface area contributed by atoms with Gasteiger partial charge in [-0.2, -0.15) is 26.3 Å². The van der Waals surface area contributed by atoms with Crippen LogP contribution < -0.4 is 16.2 Å². The number of hydrogen-bond donors (Lipinski definition) is 4. The molecule has 2 aliphatic heterocycles. The smallest absolute Gasteiger partial charge is 0.394 e. The number of aliphatic hydroxyl groups excluding tert-OH is 1. The number of alkyl halides is 6. The number of nitrogens with one attached hydrogen (secondary N) is 3. The lowest BCUT2D eigenvalue weighted by Crippen LogP contribution is -2.65. The highest BCUT2D eigenvalue weighted by molar-refractivity contribution is 5.35. The zero-order chi connectivity index (χ0) is 26.9. The lowest BCUT2D eigenvalue weighted by atomic mass is 9.76. The van der Waals surface area contributed by atoms with Crippen LogP contribution in [0.4, 0.5) is 26.3 Å². The Morgan fingerprint density at radius 3 is 2.03 bits per heavy atom. The van der Waals surface area contributed by atoms with Crippen LogP contribution in [0.1, 0.15) is 48.1 Å². The number of nitrogens with zero attached hydrogens (tertiary/aromatic N) is 1. The normalized spacial score (nSPS) is 26.4. The maximum atomic E-state index is 13.3. The van der Waals surface area contributed by atoms with E-state index in [-0.39, 0.29) is 24.8 Å². The van der Waals surface area contributed by atoms with Gasteiger partial charge in [-0.05, 0) is 49.1 Å². The quantitative estimate of drug-likeness (QED) is 0.402. The number of ether oxygens (including phenoxy) is 1. The van der Waals surface area contributed by atoms with Crippen molar-refractivity contribution in [3.05, 3.63) is 70.8 Å². The van der Waals surface area contributed by atoms with Crippen LogP contribution in [0.2, 0.25) is 0 Å². The van der Waals surface area contributed by atoms with Crippen molar-refractivity contribution in [2.24, 2.45) is 0 Å². The van der Waals surface area contributed by atoms with Gasteiger partial charge >= 0.3 is 12.4 Å². The van der Waals surface area contributed by atoms with Crippen LogP contribution in [-0.2, 0) is 22.6 Å². The largest absolute Gasteiger partial charge is 0.416 e. The molecule has 3 atom stereocenters. The highest BCUT2D eigenvalue weighted by Crippen LogP contribution is 2.40. The van der Waals surface area contributed by atoms with Crippen molar-refractivity contribution in [2.45, 2.75) is 49.3 Å². The van der Waals surface area contributed by atoms with E-state index in [9.17, 15) is 31.4 Å². The summed E-state index contributed by atoms with van der Waals surface area (Å²) >= 11 is 0. The molecule has 2 fully saturated rings. The molecule has 0 aromatic heterocycles. The fraction of sp³-hybridized carbons (Fsp3) is 0.520. The summed E-state index contributed by atoms with van der Waals surface area (Å²) in [6.45, 7) is 2.86. The summed E-state index contributed by atoms with van der Waals surface area (Å²) in [5.74, 6) is 0. The van der Waals surface area contributed by atoms with Gasteiger partial charge < -0.3 is 15.2 Å². The molecule has 4 rings (SSSR count). The van der Waals surface area contributed by atoms with Crippen LogP contribution in [0, 0.1) is 0 Å². The second kappa shape index (κ2) is 10.5. The molecule has 2 aliphatic rings. The lowest BCUT2D eigenvalue weighted by molar-refractivity contribution is -0.143. The molecule has 0 amide bonds. The summed E-state index contributed by atoms with van der Waals surface area (Å²) in [4.78, 5) is 2.08. The van der Waals surface area contributed by atoms with E-state index in [4.69, 9.17) is 4.74 Å². The molecule has 6 nitrogen and oxygen atoms in total. The third-order valence-electron chi connectivity index (χ3n) is 7.39. The first kappa shape index (κ1) is 27.8. The van der Waals surface area contributed by atoms with Crippen molar-refractivity contribution in [3.63, 3.8) is 0 Å². The summed E-state index contributed by atoms with van der Waals surface area (Å²) in [6.07, 6.45) is -9.79. The van der Waals surface area contributed by atoms with Crippen molar-refractivity contribution in [2.75, 3.05) is 33.1 Å². The van der Waals surface area contributed by atoms with Crippen molar-refractivity contribution in [1.29, 1.82) is 0 Å². The molecule has 0 radical (unpaired) electrons. The van der Waals surface area contributed by atoms with Gasteiger partial charge in [0.25, 0.3) is 0 Å². The highest BCUT2D eigenvalue weighted by atomic mass is 19.4. The first-order valence-electron chi connectivity index (χ1n) is 11.9. The van der Waals surface area contributed by atoms with E-state index in [2.05, 4.69) is 21.1 Å². The molecule has 0 aliphatic carbocycles. The number of aliphatic hydroxyl groups is 1. The minimum atomic E-state index is -4.93. The Morgan fingerprint density at radius 1 is 0.946 bits per heavy atom. The average Bonchev–Trinajstić information content (AvgIpc) is 3.43. The van der Waals surface area contributed by atoms with E-state index in [1.54, 1.807) is 0 Å². The Bertz CT molecular complexity index is 1020. The minimum absolute atomic E-state index is 0.00772. The molecule has 4 N–H and O–H groups in total. The van der Waals surface area contributed by atoms with Crippen molar-refractivity contribution < 1.29 is 36.2 Å². The molecule has 0 saturated carbocycles. The third-order valence-corrected chi connectivity index (χ3v) is 7.39. The van der Waals surface area contributed by atoms with Crippen LogP contribution in [0.25, 0.3) is 0 Å². The van der Waals surface area contributed by atoms with Crippen LogP contribution in [0.5, 0.6) is 0 Å². The number of hydrogen-bond acceptors (Lipinski definition) is 6. The predicted octanol–water partition coefficient (Wildman–Crippen LogP) is 4.14. The third kappa shape index (κ3) is 5.94. The Hall–Kier alpha value is -2.22. The van der Waals surface area contributed by atoms with Crippen LogP contribution in [0.3, 0.4) is 0 Å². The van der Waals surface area contributed by atoms with E-state index < -0.39 is 40.7 Å². The maximum Gasteiger partial charge on any atom is 0.416 e. The second-order valence-corrected chi connectivity index (χ2v) is 9.69. The van der Waals surface area contributed by atoms with Crippen LogP contribution in [0.15, 0.2) is 48.5 Å². The Labute approximate surface area is 211 Å². The zero-order valence-corrected chi connectivity index (χ0v) is 20.2. The van der Waals surface area contributed by atoms with Gasteiger partial charge in [0.05, 0.1) is 54.9 Å². The monoisotopic (exact) mass is 532 g/mol. The van der Waals surface area contributed by atoms with E-state index in [1.807, 2.05) is 30.3 Å². The summed E-state index contributed by atoms with van der Waals surface area (Å²) in [7, 11) is 0. The Kier molecular flexibility index (Phi) is 7.89. The summed E-state index contributed by atoms with van der Waals surface area (Å²) in [5, 5.41) is 13.7. The predicted molar refractivity (Wildman–Crippen MR) is 124 cm³/mol. The molecule has 0 bridgehead atoms. The standard InChI is InChI=1S/C25H30F6N4O2/c1-17(18-9-20(24(26,27)28)11-21(10-18)25(29,30)31)37-14-23(19-5-3-2-4-6-19)8-7-22(13-36,12-32-23)35-15-33-34-16-35/h2-6,9-11,17,32-34,36H,7-8,12-16H2,1H3/t17-,22-,23-/m1/s1. The van der Waals surface area contributed by atoms with Crippen LogP contribution in [-0.4, -0.2) is 48.6 Å². The van der Waals surface area contributed by atoms with Gasteiger partial charge in [-0.25, -0.2) is 10.9 Å². The van der Waals surface area contributed by atoms with E-state index in [1.165, 1.54) is 6.92 Å². The average molecular weight is 533 g/mol. The van der Waals surface area contributed by atoms with Gasteiger partial charge in [0.1, 0.15) is 0 Å². The van der Waals surface area contributed by atoms with E-state index >= 15 is 0 Å². The molecule has 2 aromatic carbocycles. The van der Waals surface area contributed by atoms with Crippen molar-refractivity contribution in [3.8, 4) is 0 Å². The molecule has 2 heterocycles. The summed E-state index contributed by atoms with van der Waals surface area (Å²) < 4.78 is 86.0. The molecular formula is C25H30F6N4O2. The number of piperidine rings is 1. The van der Waals surface area contributed by atoms with Gasteiger partial charge in [0, 0.05) is 6.54 Å². The van der Waals surface area contributed by atoms with E-state index in [0.29, 0.717) is 44.9 Å². The van der Waals surface area contributed by atoms with Crippen LogP contribution >= 0.6 is 0 Å². The fourth-order valence-electron chi connectivity index (χ4n) is 4.94. The molecule has 2 aromatic rings. The summed E-state index contributed by atoms with van der Waals surface area (Å²) in [6, 6.07) is 10.9.